The number of benzene rings is 5. The second kappa shape index (κ2) is 11.7. The first-order valence-corrected chi connectivity index (χ1v) is 15.4. The van der Waals surface area contributed by atoms with E-state index in [4.69, 9.17) is 0 Å². The molecule has 214 valence electrons. The van der Waals surface area contributed by atoms with Crippen molar-refractivity contribution in [2.24, 2.45) is 0 Å². The van der Waals surface area contributed by atoms with Gasteiger partial charge in [-0.2, -0.15) is 0 Å². The van der Waals surface area contributed by atoms with Crippen LogP contribution in [0.4, 0.5) is 11.4 Å². The Labute approximate surface area is 260 Å². The lowest BCUT2D eigenvalue weighted by Gasteiger charge is -2.21. The molecule has 0 aliphatic heterocycles. The Morgan fingerprint density at radius 2 is 1.39 bits per heavy atom. The molecule has 2 nitrogen and oxygen atoms in total. The van der Waals surface area contributed by atoms with Gasteiger partial charge < -0.3 is 9.47 Å². The van der Waals surface area contributed by atoms with Crippen LogP contribution in [0.25, 0.3) is 50.8 Å². The fourth-order valence-corrected chi connectivity index (χ4v) is 6.65. The zero-order chi connectivity index (χ0) is 30.0. The number of allylic oxidation sites excluding steroid dienone is 5. The molecule has 1 heterocycles. The van der Waals surface area contributed by atoms with Gasteiger partial charge in [0.05, 0.1) is 11.0 Å². The van der Waals surface area contributed by atoms with Crippen molar-refractivity contribution in [3.8, 4) is 5.69 Å². The van der Waals surface area contributed by atoms with Gasteiger partial charge in [0.15, 0.2) is 0 Å². The van der Waals surface area contributed by atoms with Crippen LogP contribution in [-0.4, -0.2) is 11.6 Å². The van der Waals surface area contributed by atoms with Crippen LogP contribution in [0.3, 0.4) is 0 Å². The van der Waals surface area contributed by atoms with Gasteiger partial charge in [-0.05, 0) is 90.1 Å². The van der Waals surface area contributed by atoms with Crippen molar-refractivity contribution in [2.75, 3.05) is 11.9 Å². The Kier molecular flexibility index (Phi) is 7.33. The second-order valence-corrected chi connectivity index (χ2v) is 11.4. The number of rotatable bonds is 7. The first kappa shape index (κ1) is 27.5. The summed E-state index contributed by atoms with van der Waals surface area (Å²) in [7, 11) is 2.12. The van der Waals surface area contributed by atoms with E-state index in [1.807, 2.05) is 6.08 Å². The van der Waals surface area contributed by atoms with E-state index in [-0.39, 0.29) is 0 Å². The molecule has 0 saturated carbocycles. The van der Waals surface area contributed by atoms with Crippen molar-refractivity contribution in [1.29, 1.82) is 0 Å². The highest BCUT2D eigenvalue weighted by Crippen LogP contribution is 2.42. The lowest BCUT2D eigenvalue weighted by atomic mass is 9.89. The molecule has 0 bridgehead atoms. The van der Waals surface area contributed by atoms with Crippen LogP contribution in [0.1, 0.15) is 42.0 Å². The van der Waals surface area contributed by atoms with Crippen LogP contribution in [0.5, 0.6) is 0 Å². The summed E-state index contributed by atoms with van der Waals surface area (Å²) >= 11 is 0. The van der Waals surface area contributed by atoms with E-state index < -0.39 is 0 Å². The molecule has 0 amide bonds. The summed E-state index contributed by atoms with van der Waals surface area (Å²) in [5.41, 5.74) is 13.7. The molecule has 1 aromatic heterocycles. The molecule has 2 heteroatoms. The van der Waals surface area contributed by atoms with Crippen molar-refractivity contribution < 1.29 is 0 Å². The largest absolute Gasteiger partial charge is 0.345 e. The smallest absolute Gasteiger partial charge is 0.0616 e. The number of aromatic nitrogens is 1. The molecule has 0 fully saturated rings. The lowest BCUT2D eigenvalue weighted by Crippen LogP contribution is -2.08. The van der Waals surface area contributed by atoms with Crippen molar-refractivity contribution in [1.82, 2.24) is 4.57 Å². The summed E-state index contributed by atoms with van der Waals surface area (Å²) in [6.07, 6.45) is 12.9. The number of hydrogen-bond acceptors (Lipinski definition) is 1. The molecule has 0 N–H and O–H groups in total. The first-order chi connectivity index (χ1) is 21.7. The standard InChI is InChI=1S/C42H36N2/c1-4-13-32-26-29-40-41(37(32)5-2)39-19-12-18-38(42(39)44(40)36-16-10-7-11-17-36)33-22-20-30(21-23-33)31-24-27-35(28-25-31)43(3)34-14-8-6-9-15-34/h4-20,22,24-29H,2,21,23H2,1,3H3/b13-4-. The van der Waals surface area contributed by atoms with Gasteiger partial charge in [0.25, 0.3) is 0 Å². The third-order valence-corrected chi connectivity index (χ3v) is 8.86. The number of fused-ring (bicyclic) bond motifs is 3. The Morgan fingerprint density at radius 1 is 0.705 bits per heavy atom. The summed E-state index contributed by atoms with van der Waals surface area (Å²) in [6, 6.07) is 41.4. The average molecular weight is 569 g/mol. The van der Waals surface area contributed by atoms with Gasteiger partial charge in [0.1, 0.15) is 0 Å². The number of para-hydroxylation sites is 3. The van der Waals surface area contributed by atoms with E-state index in [2.05, 4.69) is 170 Å². The maximum atomic E-state index is 4.23. The van der Waals surface area contributed by atoms with Crippen LogP contribution >= 0.6 is 0 Å². The van der Waals surface area contributed by atoms with Gasteiger partial charge in [-0.1, -0.05) is 110 Å². The van der Waals surface area contributed by atoms with E-state index in [0.717, 1.165) is 12.8 Å². The van der Waals surface area contributed by atoms with Crippen LogP contribution in [-0.2, 0) is 0 Å². The van der Waals surface area contributed by atoms with Gasteiger partial charge in [0.2, 0.25) is 0 Å². The summed E-state index contributed by atoms with van der Waals surface area (Å²) in [5, 5.41) is 2.51. The Hall–Kier alpha value is -5.34. The van der Waals surface area contributed by atoms with Crippen LogP contribution < -0.4 is 4.90 Å². The lowest BCUT2D eigenvalue weighted by molar-refractivity contribution is 1.07. The number of hydrogen-bond donors (Lipinski definition) is 0. The molecule has 0 spiro atoms. The topological polar surface area (TPSA) is 8.17 Å². The molecule has 7 rings (SSSR count). The molecule has 0 atom stereocenters. The predicted octanol–water partition coefficient (Wildman–Crippen LogP) is 11.5. The van der Waals surface area contributed by atoms with Crippen LogP contribution in [0, 0.1) is 0 Å². The van der Waals surface area contributed by atoms with Crippen LogP contribution in [0.15, 0.2) is 140 Å². The molecular weight excluding hydrogens is 532 g/mol. The minimum absolute atomic E-state index is 0.991. The van der Waals surface area contributed by atoms with E-state index in [1.165, 1.54) is 72.3 Å². The Balaban J connectivity index is 1.33. The van der Waals surface area contributed by atoms with E-state index in [0.29, 0.717) is 0 Å². The maximum absolute atomic E-state index is 4.23. The summed E-state index contributed by atoms with van der Waals surface area (Å²) in [5.74, 6) is 0. The highest BCUT2D eigenvalue weighted by Gasteiger charge is 2.21. The molecule has 0 saturated heterocycles. The molecule has 1 aliphatic rings. The predicted molar refractivity (Wildman–Crippen MR) is 192 cm³/mol. The molecule has 0 unspecified atom stereocenters. The zero-order valence-corrected chi connectivity index (χ0v) is 25.4. The summed E-state index contributed by atoms with van der Waals surface area (Å²) < 4.78 is 2.44. The minimum atomic E-state index is 0.991. The third-order valence-electron chi connectivity index (χ3n) is 8.86. The maximum Gasteiger partial charge on any atom is 0.0616 e. The van der Waals surface area contributed by atoms with E-state index in [1.54, 1.807) is 0 Å². The fraction of sp³-hybridized carbons (Fsp3) is 0.0952. The highest BCUT2D eigenvalue weighted by molar-refractivity contribution is 6.16. The quantitative estimate of drug-likeness (QED) is 0.186. The van der Waals surface area contributed by atoms with Gasteiger partial charge >= 0.3 is 0 Å². The van der Waals surface area contributed by atoms with Crippen molar-refractivity contribution in [3.63, 3.8) is 0 Å². The molecule has 44 heavy (non-hydrogen) atoms. The first-order valence-electron chi connectivity index (χ1n) is 15.4. The zero-order valence-electron chi connectivity index (χ0n) is 25.4. The molecule has 0 radical (unpaired) electrons. The molecule has 5 aromatic carbocycles. The normalized spacial score (nSPS) is 13.3. The van der Waals surface area contributed by atoms with Crippen molar-refractivity contribution >= 4 is 56.5 Å². The highest BCUT2D eigenvalue weighted by atomic mass is 15.1. The Bertz CT molecular complexity index is 2070. The van der Waals surface area contributed by atoms with Gasteiger partial charge in [-0.25, -0.2) is 0 Å². The Morgan fingerprint density at radius 3 is 2.07 bits per heavy atom. The number of nitrogens with zero attached hydrogens (tertiary/aromatic N) is 2. The van der Waals surface area contributed by atoms with E-state index >= 15 is 0 Å². The monoisotopic (exact) mass is 568 g/mol. The van der Waals surface area contributed by atoms with Crippen LogP contribution in [0.2, 0.25) is 0 Å². The average Bonchev–Trinajstić information content (AvgIpc) is 3.44. The fourth-order valence-electron chi connectivity index (χ4n) is 6.65. The second-order valence-electron chi connectivity index (χ2n) is 11.4. The van der Waals surface area contributed by atoms with Gasteiger partial charge in [-0.3, -0.25) is 0 Å². The molecule has 6 aromatic rings. The van der Waals surface area contributed by atoms with E-state index in [9.17, 15) is 0 Å². The van der Waals surface area contributed by atoms with Gasteiger partial charge in [0, 0.05) is 40.4 Å². The minimum Gasteiger partial charge on any atom is -0.345 e. The third kappa shape index (κ3) is 4.79. The summed E-state index contributed by atoms with van der Waals surface area (Å²) in [4.78, 5) is 2.22. The summed E-state index contributed by atoms with van der Waals surface area (Å²) in [6.45, 7) is 6.29. The van der Waals surface area contributed by atoms with Gasteiger partial charge in [-0.15, -0.1) is 0 Å². The number of anilines is 2. The van der Waals surface area contributed by atoms with Crippen molar-refractivity contribution in [2.45, 2.75) is 19.8 Å². The SMILES string of the molecule is C=Cc1c(/C=C\C)ccc2c1c1cccc(C3=CC=C(c4ccc(N(C)c5ccccc5)cc4)CC3)c1n2-c1ccccc1. The molecular formula is C42H36N2. The molecule has 1 aliphatic carbocycles. The van der Waals surface area contributed by atoms with Crippen molar-refractivity contribution in [3.05, 3.63) is 162 Å².